The predicted octanol–water partition coefficient (Wildman–Crippen LogP) is 14.9. The van der Waals surface area contributed by atoms with Crippen LogP contribution in [0, 0.1) is 25.2 Å². The fourth-order valence-corrected chi connectivity index (χ4v) is 9.62. The van der Waals surface area contributed by atoms with E-state index in [1.54, 1.807) is 0 Å². The lowest BCUT2D eigenvalue weighted by Gasteiger charge is -2.20. The molecule has 0 unspecified atom stereocenters. The van der Waals surface area contributed by atoms with Crippen molar-refractivity contribution in [2.45, 2.75) is 13.8 Å². The third kappa shape index (κ3) is 6.53. The highest BCUT2D eigenvalue weighted by atomic mass is 15.0. The Morgan fingerprint density at radius 2 is 0.894 bits per heavy atom. The largest absolute Gasteiger partial charge is 0.309 e. The highest BCUT2D eigenvalue weighted by Crippen LogP contribution is 2.43. The highest BCUT2D eigenvalue weighted by Gasteiger charge is 2.23. The number of aromatic nitrogens is 5. The lowest BCUT2D eigenvalue weighted by atomic mass is 9.92. The van der Waals surface area contributed by atoms with Gasteiger partial charge in [0.25, 0.3) is 0 Å². The smallest absolute Gasteiger partial charge is 0.164 e. The Kier molecular flexibility index (Phi) is 9.22. The molecule has 0 aliphatic heterocycles. The van der Waals surface area contributed by atoms with Gasteiger partial charge in [0.15, 0.2) is 17.5 Å². The highest BCUT2D eigenvalue weighted by molar-refractivity contribution is 6.11. The molecule has 0 N–H and O–H groups in total. The summed E-state index contributed by atoms with van der Waals surface area (Å²) in [5, 5.41) is 14.8. The molecule has 0 aliphatic rings. The first kappa shape index (κ1) is 38.7. The molecule has 0 atom stereocenters. The van der Waals surface area contributed by atoms with Gasteiger partial charge in [-0.05, 0) is 109 Å². The summed E-state index contributed by atoms with van der Waals surface area (Å²) < 4.78 is 4.77. The number of nitriles is 1. The second kappa shape index (κ2) is 15.7. The first-order valence-electron chi connectivity index (χ1n) is 22.2. The SMILES string of the molecule is Cc1ccc2c(c1)c1ccccc1n2-c1ccc(-c2nc(-c3ccccc3)nc(-c3ccccc3)n2)c(-c2cc(-c3cccc(C#N)c3)ccc2-n2c3ccccc3c3cc(C)ccc32)c1. The van der Waals surface area contributed by atoms with Crippen molar-refractivity contribution in [3.63, 3.8) is 0 Å². The molecule has 0 bridgehead atoms. The quantitative estimate of drug-likeness (QED) is 0.160. The van der Waals surface area contributed by atoms with E-state index in [-0.39, 0.29) is 0 Å². The molecule has 0 saturated carbocycles. The molecular weight excluding hydrogens is 805 g/mol. The molecule has 0 radical (unpaired) electrons. The summed E-state index contributed by atoms with van der Waals surface area (Å²) in [5.74, 6) is 1.74. The van der Waals surface area contributed by atoms with Crippen molar-refractivity contribution in [3.8, 4) is 73.9 Å². The topological polar surface area (TPSA) is 72.3 Å². The standard InChI is InChI=1S/C60H40N6/c1-38-24-29-55-50(32-38)46-20-9-11-22-53(46)65(55)45-27-28-48(60-63-58(41-15-5-3-6-16-41)62-59(64-60)42-17-7-4-8-18-42)49(36-45)52-35-44(43-19-13-14-40(34-43)37-61)26-31-57(52)66-54-23-12-10-21-47(54)51-33-39(2)25-30-56(51)66/h3-36H,1-2H3. The Morgan fingerprint density at radius 1 is 0.364 bits per heavy atom. The summed E-state index contributed by atoms with van der Waals surface area (Å²) in [5.41, 5.74) is 16.0. The van der Waals surface area contributed by atoms with Gasteiger partial charge in [-0.3, -0.25) is 0 Å². The Hall–Kier alpha value is -8.92. The normalized spacial score (nSPS) is 11.5. The van der Waals surface area contributed by atoms with Crippen LogP contribution in [-0.4, -0.2) is 24.1 Å². The third-order valence-corrected chi connectivity index (χ3v) is 12.7. The average Bonchev–Trinajstić information content (AvgIpc) is 3.88. The zero-order valence-electron chi connectivity index (χ0n) is 36.3. The van der Waals surface area contributed by atoms with Crippen LogP contribution >= 0.6 is 0 Å². The van der Waals surface area contributed by atoms with E-state index in [1.165, 1.54) is 32.7 Å². The number of benzene rings is 9. The molecule has 0 saturated heterocycles. The molecule has 66 heavy (non-hydrogen) atoms. The molecule has 0 fully saturated rings. The van der Waals surface area contributed by atoms with Crippen molar-refractivity contribution in [2.75, 3.05) is 0 Å². The number of hydrogen-bond acceptors (Lipinski definition) is 4. The number of rotatable bonds is 7. The molecule has 12 aromatic rings. The monoisotopic (exact) mass is 844 g/mol. The molecule has 3 aromatic heterocycles. The summed E-state index contributed by atoms with van der Waals surface area (Å²) in [6, 6.07) is 74.5. The Balaban J connectivity index is 1.22. The predicted molar refractivity (Wildman–Crippen MR) is 270 cm³/mol. The van der Waals surface area contributed by atoms with Crippen LogP contribution in [0.25, 0.3) is 111 Å². The minimum absolute atomic E-state index is 0.558. The van der Waals surface area contributed by atoms with Crippen LogP contribution in [-0.2, 0) is 0 Å². The van der Waals surface area contributed by atoms with Crippen molar-refractivity contribution in [1.29, 1.82) is 5.26 Å². The van der Waals surface area contributed by atoms with Crippen LogP contribution in [0.15, 0.2) is 206 Å². The molecule has 9 aromatic carbocycles. The molecule has 0 aliphatic carbocycles. The first-order chi connectivity index (χ1) is 32.5. The van der Waals surface area contributed by atoms with Crippen LogP contribution in [0.4, 0.5) is 0 Å². The van der Waals surface area contributed by atoms with Crippen LogP contribution in [0.2, 0.25) is 0 Å². The lowest BCUT2D eigenvalue weighted by molar-refractivity contribution is 1.07. The van der Waals surface area contributed by atoms with E-state index in [0.29, 0.717) is 23.0 Å². The Labute approximate surface area is 382 Å². The van der Waals surface area contributed by atoms with Gasteiger partial charge in [-0.25, -0.2) is 15.0 Å². The minimum atomic E-state index is 0.558. The van der Waals surface area contributed by atoms with Crippen molar-refractivity contribution in [1.82, 2.24) is 24.1 Å². The zero-order valence-corrected chi connectivity index (χ0v) is 36.3. The van der Waals surface area contributed by atoms with Crippen LogP contribution in [0.3, 0.4) is 0 Å². The van der Waals surface area contributed by atoms with E-state index >= 15 is 0 Å². The van der Waals surface area contributed by atoms with Gasteiger partial charge in [0.2, 0.25) is 0 Å². The molecule has 6 nitrogen and oxygen atoms in total. The summed E-state index contributed by atoms with van der Waals surface area (Å²) >= 11 is 0. The molecule has 0 spiro atoms. The van der Waals surface area contributed by atoms with Crippen LogP contribution in [0.1, 0.15) is 16.7 Å². The van der Waals surface area contributed by atoms with E-state index in [2.05, 4.69) is 156 Å². The minimum Gasteiger partial charge on any atom is -0.309 e. The second-order valence-electron chi connectivity index (χ2n) is 16.9. The van der Waals surface area contributed by atoms with Gasteiger partial charge in [-0.1, -0.05) is 139 Å². The summed E-state index contributed by atoms with van der Waals surface area (Å²) in [6.07, 6.45) is 0. The lowest BCUT2D eigenvalue weighted by Crippen LogP contribution is -2.04. The Morgan fingerprint density at radius 3 is 1.53 bits per heavy atom. The number of fused-ring (bicyclic) bond motifs is 6. The maximum atomic E-state index is 10.0. The van der Waals surface area contributed by atoms with Crippen molar-refractivity contribution >= 4 is 43.6 Å². The second-order valence-corrected chi connectivity index (χ2v) is 16.9. The fourth-order valence-electron chi connectivity index (χ4n) is 9.62. The first-order valence-corrected chi connectivity index (χ1v) is 22.2. The van der Waals surface area contributed by atoms with Gasteiger partial charge >= 0.3 is 0 Å². The zero-order chi connectivity index (χ0) is 44.3. The van der Waals surface area contributed by atoms with Gasteiger partial charge in [0.05, 0.1) is 39.4 Å². The fraction of sp³-hybridized carbons (Fsp3) is 0.0333. The summed E-state index contributed by atoms with van der Waals surface area (Å²) in [7, 11) is 0. The number of nitrogens with zero attached hydrogens (tertiary/aromatic N) is 6. The van der Waals surface area contributed by atoms with E-state index in [4.69, 9.17) is 15.0 Å². The average molecular weight is 845 g/mol. The Bertz CT molecular complexity index is 3850. The van der Waals surface area contributed by atoms with Gasteiger partial charge in [0.1, 0.15) is 0 Å². The van der Waals surface area contributed by atoms with E-state index in [9.17, 15) is 5.26 Å². The van der Waals surface area contributed by atoms with Crippen LogP contribution in [0.5, 0.6) is 0 Å². The molecule has 310 valence electrons. The van der Waals surface area contributed by atoms with E-state index in [0.717, 1.165) is 72.4 Å². The summed E-state index contributed by atoms with van der Waals surface area (Å²) in [6.45, 7) is 4.30. The van der Waals surface area contributed by atoms with Gasteiger partial charge in [0, 0.05) is 49.5 Å². The third-order valence-electron chi connectivity index (χ3n) is 12.7. The number of aryl methyl sites for hydroxylation is 2. The number of hydrogen-bond donors (Lipinski definition) is 0. The van der Waals surface area contributed by atoms with E-state index in [1.807, 2.05) is 78.9 Å². The van der Waals surface area contributed by atoms with Gasteiger partial charge in [-0.15, -0.1) is 0 Å². The maximum Gasteiger partial charge on any atom is 0.164 e. The van der Waals surface area contributed by atoms with Crippen molar-refractivity contribution < 1.29 is 0 Å². The number of para-hydroxylation sites is 2. The molecule has 12 rings (SSSR count). The van der Waals surface area contributed by atoms with Crippen molar-refractivity contribution in [2.24, 2.45) is 0 Å². The molecule has 3 heterocycles. The maximum absolute atomic E-state index is 10.0. The molecule has 0 amide bonds. The summed E-state index contributed by atoms with van der Waals surface area (Å²) in [4.78, 5) is 15.7. The molecule has 6 heteroatoms. The van der Waals surface area contributed by atoms with Gasteiger partial charge < -0.3 is 9.13 Å². The van der Waals surface area contributed by atoms with Crippen molar-refractivity contribution in [3.05, 3.63) is 223 Å². The van der Waals surface area contributed by atoms with Crippen LogP contribution < -0.4 is 0 Å². The van der Waals surface area contributed by atoms with E-state index < -0.39 is 0 Å². The van der Waals surface area contributed by atoms with Gasteiger partial charge in [-0.2, -0.15) is 5.26 Å². The molecular formula is C60H40N6.